The number of allylic oxidation sites excluding steroid dienone is 4. The van der Waals surface area contributed by atoms with Crippen LogP contribution < -0.4 is 28.6 Å². The van der Waals surface area contributed by atoms with Gasteiger partial charge in [0.05, 0.1) is 0 Å². The molecule has 0 heterocycles. The standard InChI is InChI=1S/C5H5.C3H8N.C2H7Si.2ClH.Ti/c1-2-4-5-3-1;1-3(2)4;1-3-2;;;/h1-3H,4H2;3-4H,1-2H3;3H,1-2H3;2*1H;/q;-1;;;;+3/p-2. The van der Waals surface area contributed by atoms with Crippen LogP contribution in [-0.2, 0) is 17.4 Å². The van der Waals surface area contributed by atoms with E-state index in [0.717, 1.165) is 0 Å². The van der Waals surface area contributed by atoms with E-state index in [1.54, 1.807) is 3.88 Å². The predicted octanol–water partition coefficient (Wildman–Crippen LogP) is -3.65. The molecular formula is C10H20Cl2NSiTi. The summed E-state index contributed by atoms with van der Waals surface area (Å²) < 4.78 is 5.60. The van der Waals surface area contributed by atoms with E-state index in [-0.39, 0.29) is 24.8 Å². The van der Waals surface area contributed by atoms with Gasteiger partial charge in [-0.3, -0.25) is 0 Å². The minimum atomic E-state index is -1.01. The first-order chi connectivity index (χ1) is 6.11. The fraction of sp³-hybridized carbons (Fsp3) is 0.600. The zero-order valence-corrected chi connectivity index (χ0v) is 14.1. The zero-order chi connectivity index (χ0) is 9.84. The first-order valence-electron chi connectivity index (χ1n) is 5.10. The van der Waals surface area contributed by atoms with Gasteiger partial charge in [-0.15, -0.1) is 0 Å². The summed E-state index contributed by atoms with van der Waals surface area (Å²) in [7, 11) is 0. The Bertz CT molecular complexity index is 229. The Balaban J connectivity index is 0. The molecule has 0 amide bonds. The summed E-state index contributed by atoms with van der Waals surface area (Å²) in [5.74, 6) is 0. The van der Waals surface area contributed by atoms with Crippen LogP contribution in [0.25, 0.3) is 0 Å². The summed E-state index contributed by atoms with van der Waals surface area (Å²) in [6.45, 7) is 9.07. The Hall–Kier alpha value is 0.951. The molecular weight excluding hydrogens is 281 g/mol. The number of hydrogen-bond donors (Lipinski definition) is 1. The molecule has 0 spiro atoms. The van der Waals surface area contributed by atoms with Crippen LogP contribution in [0.2, 0.25) is 13.1 Å². The smallest absolute Gasteiger partial charge is 1.00 e. The molecule has 0 atom stereocenters. The van der Waals surface area contributed by atoms with Crippen molar-refractivity contribution < 1.29 is 42.2 Å². The third-order valence-corrected chi connectivity index (χ3v) is 14.0. The van der Waals surface area contributed by atoms with Crippen LogP contribution in [0, 0.1) is 0 Å². The maximum Gasteiger partial charge on any atom is -1.00 e. The second-order valence-electron chi connectivity index (χ2n) is 4.19. The third kappa shape index (κ3) is 6.30. The van der Waals surface area contributed by atoms with Crippen LogP contribution in [0.4, 0.5) is 0 Å². The van der Waals surface area contributed by atoms with E-state index in [4.69, 9.17) is 0 Å². The van der Waals surface area contributed by atoms with E-state index in [2.05, 4.69) is 49.0 Å². The number of hydrogen-bond acceptors (Lipinski definition) is 1. The summed E-state index contributed by atoms with van der Waals surface area (Å²) in [5, 5.41) is 0. The van der Waals surface area contributed by atoms with E-state index in [1.807, 2.05) is 0 Å². The minimum absolute atomic E-state index is 0. The van der Waals surface area contributed by atoms with E-state index in [1.165, 1.54) is 6.42 Å². The number of rotatable bonds is 4. The summed E-state index contributed by atoms with van der Waals surface area (Å²) in [6.07, 6.45) is 8.11. The monoisotopic (exact) mass is 300 g/mol. The average Bonchev–Trinajstić information content (AvgIpc) is 2.50. The second-order valence-corrected chi connectivity index (χ2v) is 17.0. The predicted molar refractivity (Wildman–Crippen MR) is 59.0 cm³/mol. The van der Waals surface area contributed by atoms with Crippen molar-refractivity contribution in [3.8, 4) is 0 Å². The molecule has 15 heavy (non-hydrogen) atoms. The van der Waals surface area contributed by atoms with Crippen LogP contribution in [-0.4, -0.2) is 12.7 Å². The van der Waals surface area contributed by atoms with Gasteiger partial charge in [0.15, 0.2) is 0 Å². The van der Waals surface area contributed by atoms with Gasteiger partial charge in [0, 0.05) is 0 Å². The molecule has 1 aliphatic rings. The normalized spacial score (nSPS) is 13.6. The van der Waals surface area contributed by atoms with Crippen LogP contribution in [0.3, 0.4) is 0 Å². The van der Waals surface area contributed by atoms with Crippen molar-refractivity contribution in [3.05, 3.63) is 22.1 Å². The average molecular weight is 301 g/mol. The zero-order valence-electron chi connectivity index (χ0n) is 9.85. The van der Waals surface area contributed by atoms with E-state index >= 15 is 0 Å². The third-order valence-electron chi connectivity index (χ3n) is 2.14. The Morgan fingerprint density at radius 2 is 1.93 bits per heavy atom. The summed E-state index contributed by atoms with van der Waals surface area (Å²) >= 11 is -1.01. The summed E-state index contributed by atoms with van der Waals surface area (Å²) in [4.78, 5) is 0. The molecule has 1 nitrogen and oxygen atoms in total. The molecule has 0 saturated carbocycles. The fourth-order valence-electron chi connectivity index (χ4n) is 1.59. The molecule has 1 aliphatic carbocycles. The van der Waals surface area contributed by atoms with Gasteiger partial charge in [-0.1, -0.05) is 0 Å². The molecule has 0 bridgehead atoms. The molecule has 0 radical (unpaired) electrons. The summed E-state index contributed by atoms with van der Waals surface area (Å²) in [6, 6.07) is 0.673. The SMILES string of the molecule is CC(C)[NH][Ti+2]([C]1=CC=CC1)[SiH](C)C.[Cl-].[Cl-]. The Morgan fingerprint density at radius 1 is 1.33 bits per heavy atom. The van der Waals surface area contributed by atoms with Gasteiger partial charge in [-0.2, -0.15) is 0 Å². The van der Waals surface area contributed by atoms with Gasteiger partial charge in [-0.05, 0) is 0 Å². The molecule has 0 aliphatic heterocycles. The summed E-state index contributed by atoms with van der Waals surface area (Å²) in [5.41, 5.74) is 0. The topological polar surface area (TPSA) is 12.0 Å². The van der Waals surface area contributed by atoms with Crippen molar-refractivity contribution in [2.24, 2.45) is 0 Å². The first-order valence-corrected chi connectivity index (χ1v) is 12.3. The van der Waals surface area contributed by atoms with Gasteiger partial charge in [0.25, 0.3) is 0 Å². The first kappa shape index (κ1) is 18.3. The molecule has 0 aromatic heterocycles. The van der Waals surface area contributed by atoms with E-state index < -0.39 is 24.0 Å². The van der Waals surface area contributed by atoms with Crippen LogP contribution in [0.1, 0.15) is 20.3 Å². The van der Waals surface area contributed by atoms with Crippen LogP contribution in [0.5, 0.6) is 0 Å². The van der Waals surface area contributed by atoms with Crippen molar-refractivity contribution in [1.82, 2.24) is 3.80 Å². The molecule has 0 aromatic carbocycles. The molecule has 0 aromatic rings. The van der Waals surface area contributed by atoms with Gasteiger partial charge < -0.3 is 24.8 Å². The van der Waals surface area contributed by atoms with Crippen molar-refractivity contribution in [2.45, 2.75) is 39.4 Å². The van der Waals surface area contributed by atoms with E-state index in [0.29, 0.717) is 6.04 Å². The van der Waals surface area contributed by atoms with Crippen LogP contribution in [0.15, 0.2) is 22.1 Å². The maximum atomic E-state index is 3.84. The fourth-order valence-corrected chi connectivity index (χ4v) is 12.2. The molecule has 0 saturated heterocycles. The Kier molecular flexibility index (Phi) is 11.0. The molecule has 0 fully saturated rings. The van der Waals surface area contributed by atoms with Gasteiger partial charge in [0.2, 0.25) is 0 Å². The van der Waals surface area contributed by atoms with Crippen molar-refractivity contribution >= 4 is 6.66 Å². The maximum absolute atomic E-state index is 3.84. The molecule has 5 heteroatoms. The van der Waals surface area contributed by atoms with Gasteiger partial charge in [0.1, 0.15) is 0 Å². The molecule has 1 rings (SSSR count). The van der Waals surface area contributed by atoms with Gasteiger partial charge >= 0.3 is 89.4 Å². The second kappa shape index (κ2) is 9.03. The van der Waals surface area contributed by atoms with Crippen molar-refractivity contribution in [1.29, 1.82) is 0 Å². The molecule has 1 N–H and O–H groups in total. The Morgan fingerprint density at radius 3 is 2.27 bits per heavy atom. The number of halogens is 2. The number of nitrogens with one attached hydrogen (secondary N) is 1. The molecule has 87 valence electrons. The van der Waals surface area contributed by atoms with Crippen molar-refractivity contribution in [3.63, 3.8) is 0 Å². The van der Waals surface area contributed by atoms with E-state index in [9.17, 15) is 0 Å². The quantitative estimate of drug-likeness (QED) is 0.528. The van der Waals surface area contributed by atoms with Gasteiger partial charge in [-0.25, -0.2) is 0 Å². The molecule has 0 unspecified atom stereocenters. The van der Waals surface area contributed by atoms with Crippen molar-refractivity contribution in [2.75, 3.05) is 0 Å². The Labute approximate surface area is 114 Å². The minimum Gasteiger partial charge on any atom is -1.00 e. The van der Waals surface area contributed by atoms with Crippen LogP contribution >= 0.6 is 0 Å². The largest absolute Gasteiger partial charge is 1.00 e.